The third-order valence-electron chi connectivity index (χ3n) is 4.84. The van der Waals surface area contributed by atoms with Gasteiger partial charge in [0.15, 0.2) is 5.58 Å². The van der Waals surface area contributed by atoms with E-state index in [9.17, 15) is 8.42 Å². The molecule has 2 heterocycles. The standard InChI is InChI=1S/C20H21N3O3S2/c24-28(25,15-10-17-6-2-1-3-7-17)22-13-11-21(12-14-22)16-23-18-8-4-5-9-19(18)26-20(23)27/h1-10,15H,11-14,16H2/b15-10+. The van der Waals surface area contributed by atoms with Crippen LogP contribution in [-0.4, -0.2) is 48.4 Å². The number of piperazine rings is 1. The molecule has 0 N–H and O–H groups in total. The molecule has 4 rings (SSSR count). The number of nitrogens with zero attached hydrogens (tertiary/aromatic N) is 3. The summed E-state index contributed by atoms with van der Waals surface area (Å²) < 4.78 is 34.3. The monoisotopic (exact) mass is 415 g/mol. The molecule has 1 aliphatic heterocycles. The van der Waals surface area contributed by atoms with E-state index in [0.717, 1.165) is 16.7 Å². The van der Waals surface area contributed by atoms with Gasteiger partial charge in [0.25, 0.3) is 4.84 Å². The molecule has 3 aromatic rings. The first kappa shape index (κ1) is 19.1. The number of fused-ring (bicyclic) bond motifs is 1. The molecule has 0 atom stereocenters. The predicted molar refractivity (Wildman–Crippen MR) is 113 cm³/mol. The summed E-state index contributed by atoms with van der Waals surface area (Å²) in [5, 5.41) is 1.29. The number of oxazole rings is 1. The molecule has 0 radical (unpaired) electrons. The van der Waals surface area contributed by atoms with Crippen LogP contribution in [0.15, 0.2) is 64.4 Å². The minimum Gasteiger partial charge on any atom is -0.429 e. The lowest BCUT2D eigenvalue weighted by Gasteiger charge is -2.33. The second kappa shape index (κ2) is 8.00. The number of para-hydroxylation sites is 2. The molecular weight excluding hydrogens is 394 g/mol. The number of hydrogen-bond donors (Lipinski definition) is 0. The largest absolute Gasteiger partial charge is 0.429 e. The fraction of sp³-hybridized carbons (Fsp3) is 0.250. The topological polar surface area (TPSA) is 58.7 Å². The highest BCUT2D eigenvalue weighted by Crippen LogP contribution is 2.19. The third-order valence-corrected chi connectivity index (χ3v) is 6.71. The van der Waals surface area contributed by atoms with Crippen LogP contribution in [0.4, 0.5) is 0 Å². The molecule has 6 nitrogen and oxygen atoms in total. The van der Waals surface area contributed by atoms with E-state index in [0.29, 0.717) is 37.7 Å². The van der Waals surface area contributed by atoms with Gasteiger partial charge >= 0.3 is 0 Å². The summed E-state index contributed by atoms with van der Waals surface area (Å²) in [4.78, 5) is 2.62. The van der Waals surface area contributed by atoms with E-state index in [1.54, 1.807) is 6.08 Å². The molecule has 1 saturated heterocycles. The van der Waals surface area contributed by atoms with Gasteiger partial charge < -0.3 is 4.42 Å². The molecule has 1 aromatic heterocycles. The molecule has 1 aliphatic rings. The van der Waals surface area contributed by atoms with Crippen LogP contribution in [0.3, 0.4) is 0 Å². The van der Waals surface area contributed by atoms with Crippen molar-refractivity contribution in [3.05, 3.63) is 70.4 Å². The first-order chi connectivity index (χ1) is 13.5. The van der Waals surface area contributed by atoms with Gasteiger partial charge in [0, 0.05) is 31.6 Å². The van der Waals surface area contributed by atoms with Crippen LogP contribution in [0.2, 0.25) is 0 Å². The maximum atomic E-state index is 12.6. The Hall–Kier alpha value is -2.26. The Balaban J connectivity index is 1.41. The van der Waals surface area contributed by atoms with Crippen molar-refractivity contribution in [1.29, 1.82) is 0 Å². The minimum atomic E-state index is -3.43. The quantitative estimate of drug-likeness (QED) is 0.597. The first-order valence-corrected chi connectivity index (χ1v) is 11.0. The Morgan fingerprint density at radius 2 is 1.64 bits per heavy atom. The van der Waals surface area contributed by atoms with Crippen molar-refractivity contribution in [3.63, 3.8) is 0 Å². The number of aromatic nitrogens is 1. The van der Waals surface area contributed by atoms with E-state index in [4.69, 9.17) is 16.6 Å². The molecule has 1 fully saturated rings. The van der Waals surface area contributed by atoms with Crippen molar-refractivity contribution in [2.45, 2.75) is 6.67 Å². The maximum absolute atomic E-state index is 12.6. The van der Waals surface area contributed by atoms with Crippen molar-refractivity contribution < 1.29 is 12.8 Å². The van der Waals surface area contributed by atoms with Gasteiger partial charge in [-0.05, 0) is 36.0 Å². The summed E-state index contributed by atoms with van der Waals surface area (Å²) in [6.45, 7) is 2.76. The van der Waals surface area contributed by atoms with Gasteiger partial charge in [-0.2, -0.15) is 4.31 Å². The van der Waals surface area contributed by atoms with Crippen LogP contribution in [0, 0.1) is 4.84 Å². The van der Waals surface area contributed by atoms with Gasteiger partial charge in [-0.15, -0.1) is 0 Å². The molecule has 0 spiro atoms. The molecule has 2 aromatic carbocycles. The SMILES string of the molecule is O=S(=O)(/C=C/c1ccccc1)N1CCN(Cn2c(=S)oc3ccccc32)CC1. The summed E-state index contributed by atoms with van der Waals surface area (Å²) in [6, 6.07) is 17.2. The number of hydrogen-bond acceptors (Lipinski definition) is 5. The van der Waals surface area contributed by atoms with Crippen LogP contribution in [-0.2, 0) is 16.7 Å². The molecule has 0 aliphatic carbocycles. The Morgan fingerprint density at radius 3 is 2.39 bits per heavy atom. The second-order valence-electron chi connectivity index (χ2n) is 6.68. The molecule has 0 amide bonds. The van der Waals surface area contributed by atoms with Gasteiger partial charge in [-0.25, -0.2) is 8.42 Å². The van der Waals surface area contributed by atoms with Gasteiger partial charge in [0.05, 0.1) is 12.2 Å². The van der Waals surface area contributed by atoms with Crippen molar-refractivity contribution >= 4 is 39.4 Å². The summed E-state index contributed by atoms with van der Waals surface area (Å²) in [6.07, 6.45) is 1.64. The van der Waals surface area contributed by atoms with Gasteiger partial charge in [0.1, 0.15) is 0 Å². The highest BCUT2D eigenvalue weighted by molar-refractivity contribution is 7.92. The lowest BCUT2D eigenvalue weighted by Crippen LogP contribution is -2.48. The number of rotatable bonds is 5. The summed E-state index contributed by atoms with van der Waals surface area (Å²) in [7, 11) is -3.43. The van der Waals surface area contributed by atoms with E-state index >= 15 is 0 Å². The van der Waals surface area contributed by atoms with Crippen LogP contribution in [0.1, 0.15) is 5.56 Å². The van der Waals surface area contributed by atoms with Crippen molar-refractivity contribution in [1.82, 2.24) is 13.8 Å². The van der Waals surface area contributed by atoms with Gasteiger partial charge in [0.2, 0.25) is 10.0 Å². The fourth-order valence-corrected chi connectivity index (χ4v) is 4.71. The Kier molecular flexibility index (Phi) is 5.45. The van der Waals surface area contributed by atoms with E-state index in [2.05, 4.69) is 4.90 Å². The molecular formula is C20H21N3O3S2. The third kappa shape index (κ3) is 4.10. The highest BCUT2D eigenvalue weighted by Gasteiger charge is 2.25. The summed E-state index contributed by atoms with van der Waals surface area (Å²) in [5.41, 5.74) is 2.58. The molecule has 0 saturated carbocycles. The smallest absolute Gasteiger partial charge is 0.270 e. The molecule has 8 heteroatoms. The zero-order chi connectivity index (χ0) is 19.6. The average molecular weight is 416 g/mol. The zero-order valence-electron chi connectivity index (χ0n) is 15.3. The summed E-state index contributed by atoms with van der Waals surface area (Å²) >= 11 is 5.34. The molecule has 0 unspecified atom stereocenters. The van der Waals surface area contributed by atoms with Gasteiger partial charge in [-0.3, -0.25) is 9.47 Å². The zero-order valence-corrected chi connectivity index (χ0v) is 16.9. The van der Waals surface area contributed by atoms with Crippen LogP contribution < -0.4 is 0 Å². The Bertz CT molecular complexity index is 1140. The molecule has 0 bridgehead atoms. The van der Waals surface area contributed by atoms with E-state index in [-0.39, 0.29) is 0 Å². The van der Waals surface area contributed by atoms with E-state index < -0.39 is 10.0 Å². The summed E-state index contributed by atoms with van der Waals surface area (Å²) in [5.74, 6) is 0. The normalized spacial score (nSPS) is 16.9. The Labute approximate surface area is 169 Å². The number of sulfonamides is 1. The lowest BCUT2D eigenvalue weighted by atomic mass is 10.2. The molecule has 146 valence electrons. The lowest BCUT2D eigenvalue weighted by molar-refractivity contribution is 0.152. The van der Waals surface area contributed by atoms with Crippen molar-refractivity contribution in [3.8, 4) is 0 Å². The molecule has 28 heavy (non-hydrogen) atoms. The highest BCUT2D eigenvalue weighted by atomic mass is 32.2. The maximum Gasteiger partial charge on any atom is 0.270 e. The first-order valence-electron chi connectivity index (χ1n) is 9.07. The van der Waals surface area contributed by atoms with Gasteiger partial charge in [-0.1, -0.05) is 42.5 Å². The van der Waals surface area contributed by atoms with Crippen molar-refractivity contribution in [2.24, 2.45) is 0 Å². The Morgan fingerprint density at radius 1 is 0.964 bits per heavy atom. The van der Waals surface area contributed by atoms with Crippen LogP contribution in [0.5, 0.6) is 0 Å². The second-order valence-corrected chi connectivity index (χ2v) is 8.85. The average Bonchev–Trinajstić information content (AvgIpc) is 3.03. The number of benzene rings is 2. The minimum absolute atomic E-state index is 0.432. The van der Waals surface area contributed by atoms with E-state index in [1.165, 1.54) is 9.71 Å². The van der Waals surface area contributed by atoms with Crippen molar-refractivity contribution in [2.75, 3.05) is 26.2 Å². The predicted octanol–water partition coefficient (Wildman–Crippen LogP) is 3.54. The van der Waals surface area contributed by atoms with Crippen LogP contribution >= 0.6 is 12.2 Å². The van der Waals surface area contributed by atoms with Crippen LogP contribution in [0.25, 0.3) is 17.2 Å². The van der Waals surface area contributed by atoms with E-state index in [1.807, 2.05) is 59.2 Å². The fourth-order valence-electron chi connectivity index (χ4n) is 3.29.